The average molecular weight is 396 g/mol. The molecule has 0 saturated carbocycles. The lowest BCUT2D eigenvalue weighted by atomic mass is 10.3. The molecule has 0 spiro atoms. The Labute approximate surface area is 156 Å². The van der Waals surface area contributed by atoms with E-state index in [2.05, 4.69) is 10.3 Å². The summed E-state index contributed by atoms with van der Waals surface area (Å²) in [5.74, 6) is -0.582. The number of hydrogen-bond acceptors (Lipinski definition) is 6. The molecule has 142 valence electrons. The van der Waals surface area contributed by atoms with Crippen LogP contribution in [0.3, 0.4) is 0 Å². The molecular weight excluding hydrogens is 373 g/mol. The number of rotatable bonds is 12. The van der Waals surface area contributed by atoms with Gasteiger partial charge < -0.3 is 24.1 Å². The van der Waals surface area contributed by atoms with Crippen molar-refractivity contribution in [3.05, 3.63) is 17.8 Å². The Morgan fingerprint density at radius 3 is 2.60 bits per heavy atom. The normalized spacial score (nSPS) is 10.9. The van der Waals surface area contributed by atoms with Gasteiger partial charge in [0.05, 0.1) is 6.54 Å². The van der Waals surface area contributed by atoms with Crippen LogP contribution in [-0.2, 0) is 20.8 Å². The molecule has 1 aromatic heterocycles. The number of aromatic nitrogens is 1. The van der Waals surface area contributed by atoms with Crippen molar-refractivity contribution < 1.29 is 23.5 Å². The molecule has 0 aliphatic carbocycles. The number of alkyl halides is 2. The van der Waals surface area contributed by atoms with Crippen LogP contribution in [0.4, 0.5) is 0 Å². The summed E-state index contributed by atoms with van der Waals surface area (Å²) in [6.45, 7) is 1.95. The minimum atomic E-state index is -1.18. The van der Waals surface area contributed by atoms with E-state index in [0.717, 1.165) is 0 Å². The maximum atomic E-state index is 12.0. The average Bonchev–Trinajstić information content (AvgIpc) is 3.05. The minimum Gasteiger partial charge on any atom is -0.446 e. The summed E-state index contributed by atoms with van der Waals surface area (Å²) < 4.78 is 15.1. The predicted molar refractivity (Wildman–Crippen MR) is 92.7 cm³/mol. The molecule has 0 atom stereocenters. The molecule has 1 N–H and O–H groups in total. The number of ether oxygens (including phenoxy) is 2. The Balaban J connectivity index is 2.61. The third kappa shape index (κ3) is 8.04. The molecule has 0 bridgehead atoms. The summed E-state index contributed by atoms with van der Waals surface area (Å²) in [5.41, 5.74) is 0.144. The van der Waals surface area contributed by atoms with Gasteiger partial charge in [0, 0.05) is 40.5 Å². The number of hydrogen-bond donors (Lipinski definition) is 1. The van der Waals surface area contributed by atoms with Crippen molar-refractivity contribution in [2.45, 2.75) is 24.2 Å². The molecular formula is C15H23Cl2N3O5. The molecule has 8 nitrogen and oxygen atoms in total. The SMILES string of the molecule is COCCCNC(=O)c1coc(CN(CCCOC)C(=O)C(Cl)Cl)n1. The summed E-state index contributed by atoms with van der Waals surface area (Å²) in [6, 6.07) is 0. The molecule has 0 saturated heterocycles. The zero-order chi connectivity index (χ0) is 18.7. The summed E-state index contributed by atoms with van der Waals surface area (Å²) in [7, 11) is 3.17. The molecule has 0 radical (unpaired) electrons. The number of oxazole rings is 1. The Hall–Kier alpha value is -1.35. The highest BCUT2D eigenvalue weighted by atomic mass is 35.5. The van der Waals surface area contributed by atoms with Gasteiger partial charge in [0.2, 0.25) is 5.89 Å². The van der Waals surface area contributed by atoms with Crippen LogP contribution in [0.5, 0.6) is 0 Å². The molecule has 0 unspecified atom stereocenters. The molecule has 1 rings (SSSR count). The molecule has 25 heavy (non-hydrogen) atoms. The first-order valence-electron chi connectivity index (χ1n) is 7.77. The van der Waals surface area contributed by atoms with Gasteiger partial charge in [-0.2, -0.15) is 0 Å². The van der Waals surface area contributed by atoms with Gasteiger partial charge in [0.1, 0.15) is 6.26 Å². The Bertz CT molecular complexity index is 539. The smallest absolute Gasteiger partial charge is 0.273 e. The highest BCUT2D eigenvalue weighted by molar-refractivity contribution is 6.53. The quantitative estimate of drug-likeness (QED) is 0.426. The van der Waals surface area contributed by atoms with E-state index < -0.39 is 10.7 Å². The topological polar surface area (TPSA) is 93.9 Å². The van der Waals surface area contributed by atoms with Gasteiger partial charge in [-0.25, -0.2) is 4.98 Å². The summed E-state index contributed by atoms with van der Waals surface area (Å²) in [4.78, 5) is 28.3. The number of amides is 2. The van der Waals surface area contributed by atoms with Crippen molar-refractivity contribution in [2.24, 2.45) is 0 Å². The third-order valence-corrected chi connectivity index (χ3v) is 3.57. The summed E-state index contributed by atoms with van der Waals surface area (Å²) in [5, 5.41) is 2.70. The molecule has 10 heteroatoms. The van der Waals surface area contributed by atoms with Gasteiger partial charge in [-0.3, -0.25) is 9.59 Å². The van der Waals surface area contributed by atoms with E-state index in [1.54, 1.807) is 14.2 Å². The summed E-state index contributed by atoms with van der Waals surface area (Å²) in [6.07, 6.45) is 2.55. The number of halogens is 2. The Kier molecular flexibility index (Phi) is 10.5. The van der Waals surface area contributed by atoms with Crippen molar-refractivity contribution >= 4 is 35.0 Å². The number of carbonyl (C=O) groups excluding carboxylic acids is 2. The minimum absolute atomic E-state index is 0.0649. The molecule has 1 heterocycles. The third-order valence-electron chi connectivity index (χ3n) is 3.20. The van der Waals surface area contributed by atoms with Gasteiger partial charge in [-0.1, -0.05) is 23.2 Å². The lowest BCUT2D eigenvalue weighted by molar-refractivity contribution is -0.130. The van der Waals surface area contributed by atoms with Crippen molar-refractivity contribution in [1.82, 2.24) is 15.2 Å². The van der Waals surface area contributed by atoms with Crippen LogP contribution in [0.25, 0.3) is 0 Å². The first-order valence-corrected chi connectivity index (χ1v) is 8.64. The van der Waals surface area contributed by atoms with Crippen LogP contribution < -0.4 is 5.32 Å². The highest BCUT2D eigenvalue weighted by Gasteiger charge is 2.22. The van der Waals surface area contributed by atoms with E-state index in [1.807, 2.05) is 0 Å². The second kappa shape index (κ2) is 12.1. The van der Waals surface area contributed by atoms with E-state index in [1.165, 1.54) is 11.2 Å². The fourth-order valence-corrected chi connectivity index (χ4v) is 2.24. The van der Waals surface area contributed by atoms with Crippen molar-refractivity contribution in [3.8, 4) is 0 Å². The van der Waals surface area contributed by atoms with Crippen LogP contribution in [0.1, 0.15) is 29.2 Å². The lowest BCUT2D eigenvalue weighted by Crippen LogP contribution is -2.35. The van der Waals surface area contributed by atoms with E-state index >= 15 is 0 Å². The fraction of sp³-hybridized carbons (Fsp3) is 0.667. The zero-order valence-electron chi connectivity index (χ0n) is 14.3. The number of nitrogens with zero attached hydrogens (tertiary/aromatic N) is 2. The number of carbonyl (C=O) groups is 2. The first kappa shape index (κ1) is 21.7. The molecule has 0 aliphatic rings. The van der Waals surface area contributed by atoms with Gasteiger partial charge >= 0.3 is 0 Å². The monoisotopic (exact) mass is 395 g/mol. The molecule has 0 aromatic carbocycles. The van der Waals surface area contributed by atoms with Crippen molar-refractivity contribution in [3.63, 3.8) is 0 Å². The number of methoxy groups -OCH3 is 2. The van der Waals surface area contributed by atoms with E-state index in [-0.39, 0.29) is 24.0 Å². The van der Waals surface area contributed by atoms with E-state index in [4.69, 9.17) is 37.1 Å². The van der Waals surface area contributed by atoms with Crippen LogP contribution in [0, 0.1) is 0 Å². The van der Waals surface area contributed by atoms with Crippen molar-refractivity contribution in [2.75, 3.05) is 40.5 Å². The fourth-order valence-electron chi connectivity index (χ4n) is 1.96. The van der Waals surface area contributed by atoms with Crippen molar-refractivity contribution in [1.29, 1.82) is 0 Å². The second-order valence-corrected chi connectivity index (χ2v) is 6.23. The van der Waals surface area contributed by atoms with Gasteiger partial charge in [0.15, 0.2) is 10.5 Å². The lowest BCUT2D eigenvalue weighted by Gasteiger charge is -2.21. The van der Waals surface area contributed by atoms with Crippen LogP contribution in [0.2, 0.25) is 0 Å². The Morgan fingerprint density at radius 2 is 1.96 bits per heavy atom. The van der Waals surface area contributed by atoms with Gasteiger partial charge in [0.25, 0.3) is 11.8 Å². The van der Waals surface area contributed by atoms with Crippen LogP contribution in [-0.4, -0.2) is 67.1 Å². The highest BCUT2D eigenvalue weighted by Crippen LogP contribution is 2.12. The summed E-state index contributed by atoms with van der Waals surface area (Å²) >= 11 is 11.3. The van der Waals surface area contributed by atoms with Gasteiger partial charge in [-0.05, 0) is 12.8 Å². The zero-order valence-corrected chi connectivity index (χ0v) is 15.8. The first-order chi connectivity index (χ1) is 12.0. The molecule has 1 aromatic rings. The second-order valence-electron chi connectivity index (χ2n) is 5.14. The molecule has 0 aliphatic heterocycles. The van der Waals surface area contributed by atoms with Crippen LogP contribution in [0.15, 0.2) is 10.7 Å². The maximum absolute atomic E-state index is 12.0. The largest absolute Gasteiger partial charge is 0.446 e. The maximum Gasteiger partial charge on any atom is 0.273 e. The number of nitrogens with one attached hydrogen (secondary N) is 1. The van der Waals surface area contributed by atoms with E-state index in [0.29, 0.717) is 39.1 Å². The molecule has 0 fully saturated rings. The molecule has 2 amide bonds. The van der Waals surface area contributed by atoms with E-state index in [9.17, 15) is 9.59 Å². The van der Waals surface area contributed by atoms with Crippen LogP contribution >= 0.6 is 23.2 Å². The predicted octanol–water partition coefficient (Wildman–Crippen LogP) is 1.61. The standard InChI is InChI=1S/C15H23Cl2N3O5/c1-23-7-3-5-18-14(21)11-10-25-12(19-11)9-20(6-4-8-24-2)15(22)13(16)17/h10,13H,3-9H2,1-2H3,(H,18,21). The van der Waals surface area contributed by atoms with Gasteiger partial charge in [-0.15, -0.1) is 0 Å². The Morgan fingerprint density at radius 1 is 1.28 bits per heavy atom.